The fourth-order valence-electron chi connectivity index (χ4n) is 6.91. The topological polar surface area (TPSA) is 108 Å². The number of hydrogen-bond donors (Lipinski definition) is 0. The van der Waals surface area contributed by atoms with Gasteiger partial charge in [0.2, 0.25) is 5.91 Å². The van der Waals surface area contributed by atoms with Crippen LogP contribution in [0.5, 0.6) is 6.01 Å². The highest BCUT2D eigenvalue weighted by Gasteiger charge is 2.34. The largest absolute Gasteiger partial charge is 0.467 e. The maximum Gasteiger partial charge on any atom is 0.318 e. The lowest BCUT2D eigenvalue weighted by atomic mass is 10.0. The van der Waals surface area contributed by atoms with E-state index in [1.165, 1.54) is 19.4 Å². The van der Waals surface area contributed by atoms with Crippen LogP contribution in [-0.4, -0.2) is 95.3 Å². The lowest BCUT2D eigenvalue weighted by molar-refractivity contribution is -0.128. The molecule has 2 unspecified atom stereocenters. The minimum atomic E-state index is -0.738. The lowest BCUT2D eigenvalue weighted by Crippen LogP contribution is -2.55. The molecule has 10 nitrogen and oxygen atoms in total. The van der Waals surface area contributed by atoms with Gasteiger partial charge < -0.3 is 19.3 Å². The van der Waals surface area contributed by atoms with Crippen LogP contribution in [0.2, 0.25) is 5.02 Å². The Morgan fingerprint density at radius 3 is 2.72 bits per heavy atom. The van der Waals surface area contributed by atoms with E-state index in [-0.39, 0.29) is 53.3 Å². The highest BCUT2D eigenvalue weighted by Crippen LogP contribution is 2.38. The van der Waals surface area contributed by atoms with Crippen molar-refractivity contribution in [2.24, 2.45) is 0 Å². The first-order valence-electron chi connectivity index (χ1n) is 15.6. The first-order chi connectivity index (χ1) is 22.8. The summed E-state index contributed by atoms with van der Waals surface area (Å²) in [5.41, 5.74) is 0.244. The van der Waals surface area contributed by atoms with Gasteiger partial charge in [0.25, 0.3) is 0 Å². The van der Waals surface area contributed by atoms with Crippen LogP contribution >= 0.6 is 11.6 Å². The van der Waals surface area contributed by atoms with Gasteiger partial charge in [0.05, 0.1) is 48.3 Å². The van der Waals surface area contributed by atoms with Crippen molar-refractivity contribution in [1.29, 1.82) is 5.26 Å². The average Bonchev–Trinajstić information content (AvgIpc) is 3.43. The highest BCUT2D eigenvalue weighted by atomic mass is 35.5. The molecule has 4 aromatic rings. The summed E-state index contributed by atoms with van der Waals surface area (Å²) in [6, 6.07) is 9.68. The first-order valence-corrected chi connectivity index (χ1v) is 16.0. The molecular formula is C34H32ClF2N7O3. The Bertz CT molecular complexity index is 1920. The van der Waals surface area contributed by atoms with Gasteiger partial charge in [-0.3, -0.25) is 14.7 Å². The molecule has 3 aliphatic rings. The standard InChI is InChI=1S/C34H32ClF2N7O3/c1-46-34-40-32-25(16-39-31(30(32)37)24-5-2-4-20-7-10-26(36)29(35)28(20)24)33(41-34)43-14-15-44(21(17-43)11-12-38)27(45)6-3-13-42-18-22-8-9-23(19-42)47-22/h2-7,10,16,21-23H,8-9,11,13-15,17-19H2,1H3/b6-3+/t21-,22?,23?/m0/s1. The predicted octanol–water partition coefficient (Wildman–Crippen LogP) is 5.14. The number of benzene rings is 2. The van der Waals surface area contributed by atoms with Gasteiger partial charge >= 0.3 is 6.01 Å². The van der Waals surface area contributed by atoms with E-state index in [9.17, 15) is 14.4 Å². The van der Waals surface area contributed by atoms with Crippen molar-refractivity contribution in [3.05, 3.63) is 65.3 Å². The summed E-state index contributed by atoms with van der Waals surface area (Å²) in [5, 5.41) is 10.8. The summed E-state index contributed by atoms with van der Waals surface area (Å²) >= 11 is 6.34. The zero-order chi connectivity index (χ0) is 32.7. The third kappa shape index (κ3) is 5.95. The SMILES string of the molecule is COc1nc(N2CCN(C(=O)/C=C/CN3CC4CCC(C3)O4)[C@@H](CC#N)C2)c2cnc(-c3cccc4ccc(F)c(Cl)c34)c(F)c2n1. The summed E-state index contributed by atoms with van der Waals surface area (Å²) in [7, 11) is 1.39. The molecular weight excluding hydrogens is 628 g/mol. The predicted molar refractivity (Wildman–Crippen MR) is 173 cm³/mol. The quantitative estimate of drug-likeness (QED) is 0.249. The van der Waals surface area contributed by atoms with Crippen LogP contribution in [0, 0.1) is 23.0 Å². The van der Waals surface area contributed by atoms with Gasteiger partial charge in [-0.05, 0) is 24.3 Å². The number of aromatic nitrogens is 3. The zero-order valence-electron chi connectivity index (χ0n) is 25.7. The third-order valence-corrected chi connectivity index (χ3v) is 9.52. The number of ether oxygens (including phenoxy) is 2. The van der Waals surface area contributed by atoms with Crippen molar-refractivity contribution in [2.75, 3.05) is 51.3 Å². The number of carbonyl (C=O) groups is 1. The molecule has 3 saturated heterocycles. The number of rotatable bonds is 7. The second-order valence-electron chi connectivity index (χ2n) is 12.1. The molecule has 0 N–H and O–H groups in total. The van der Waals surface area contributed by atoms with Crippen LogP contribution in [0.4, 0.5) is 14.6 Å². The fraction of sp³-hybridized carbons (Fsp3) is 0.382. The van der Waals surface area contributed by atoms with E-state index >= 15 is 4.39 Å². The molecule has 13 heteroatoms. The van der Waals surface area contributed by atoms with Gasteiger partial charge in [-0.25, -0.2) is 8.78 Å². The molecule has 7 rings (SSSR count). The Hall–Kier alpha value is -4.44. The minimum Gasteiger partial charge on any atom is -0.467 e. The molecule has 0 saturated carbocycles. The van der Waals surface area contributed by atoms with Gasteiger partial charge in [0, 0.05) is 62.5 Å². The molecule has 2 aromatic carbocycles. The molecule has 1 amide bonds. The second-order valence-corrected chi connectivity index (χ2v) is 12.4. The van der Waals surface area contributed by atoms with Crippen molar-refractivity contribution in [3.8, 4) is 23.3 Å². The number of likely N-dealkylation sites (tertiary alicyclic amines) is 1. The van der Waals surface area contributed by atoms with Crippen LogP contribution in [0.15, 0.2) is 48.7 Å². The van der Waals surface area contributed by atoms with Crippen molar-refractivity contribution >= 4 is 45.0 Å². The summed E-state index contributed by atoms with van der Waals surface area (Å²) in [5.74, 6) is -1.14. The van der Waals surface area contributed by atoms with E-state index in [4.69, 9.17) is 21.1 Å². The van der Waals surface area contributed by atoms with Gasteiger partial charge in [-0.1, -0.05) is 41.9 Å². The van der Waals surface area contributed by atoms with Crippen LogP contribution < -0.4 is 9.64 Å². The number of pyridine rings is 1. The number of nitrogens with zero attached hydrogens (tertiary/aromatic N) is 7. The molecule has 2 bridgehead atoms. The second kappa shape index (κ2) is 13.0. The Morgan fingerprint density at radius 2 is 1.96 bits per heavy atom. The van der Waals surface area contributed by atoms with Gasteiger partial charge in [-0.15, -0.1) is 0 Å². The number of hydrogen-bond acceptors (Lipinski definition) is 9. The summed E-state index contributed by atoms with van der Waals surface area (Å²) < 4.78 is 42.1. The maximum atomic E-state index is 16.4. The minimum absolute atomic E-state index is 0.0313. The van der Waals surface area contributed by atoms with Gasteiger partial charge in [-0.2, -0.15) is 15.2 Å². The van der Waals surface area contributed by atoms with Gasteiger partial charge in [0.1, 0.15) is 22.8 Å². The monoisotopic (exact) mass is 659 g/mol. The zero-order valence-corrected chi connectivity index (χ0v) is 26.5. The summed E-state index contributed by atoms with van der Waals surface area (Å²) in [6.07, 6.45) is 7.79. The van der Waals surface area contributed by atoms with Crippen molar-refractivity contribution in [2.45, 2.75) is 37.5 Å². The molecule has 0 radical (unpaired) electrons. The van der Waals surface area contributed by atoms with Crippen LogP contribution in [0.25, 0.3) is 32.9 Å². The molecule has 0 spiro atoms. The van der Waals surface area contributed by atoms with E-state index in [0.717, 1.165) is 25.9 Å². The number of piperazine rings is 1. The summed E-state index contributed by atoms with van der Waals surface area (Å²) in [6.45, 7) is 3.40. The van der Waals surface area contributed by atoms with E-state index in [1.807, 2.05) is 11.0 Å². The maximum absolute atomic E-state index is 16.4. The Labute approximate surface area is 275 Å². The number of anilines is 1. The molecule has 5 heterocycles. The number of fused-ring (bicyclic) bond motifs is 4. The van der Waals surface area contributed by atoms with Crippen molar-refractivity contribution < 1.29 is 23.0 Å². The van der Waals surface area contributed by atoms with E-state index in [1.54, 1.807) is 35.2 Å². The molecule has 2 aromatic heterocycles. The Kier molecular flexibility index (Phi) is 8.61. The number of amides is 1. The number of carbonyl (C=O) groups excluding carboxylic acids is 1. The fourth-order valence-corrected chi connectivity index (χ4v) is 7.19. The van der Waals surface area contributed by atoms with E-state index in [2.05, 4.69) is 25.9 Å². The molecule has 3 atom stereocenters. The number of halogens is 3. The first kappa shape index (κ1) is 31.2. The summed E-state index contributed by atoms with van der Waals surface area (Å²) in [4.78, 5) is 32.5. The molecule has 47 heavy (non-hydrogen) atoms. The van der Waals surface area contributed by atoms with E-state index < -0.39 is 17.7 Å². The molecule has 0 aliphatic carbocycles. The number of morpholine rings is 1. The van der Waals surface area contributed by atoms with Crippen molar-refractivity contribution in [3.63, 3.8) is 0 Å². The highest BCUT2D eigenvalue weighted by molar-refractivity contribution is 6.36. The number of methoxy groups -OCH3 is 1. The van der Waals surface area contributed by atoms with Crippen LogP contribution in [0.3, 0.4) is 0 Å². The molecule has 3 aliphatic heterocycles. The molecule has 3 fully saturated rings. The van der Waals surface area contributed by atoms with Crippen LogP contribution in [0.1, 0.15) is 19.3 Å². The Balaban J connectivity index is 1.16. The van der Waals surface area contributed by atoms with E-state index in [0.29, 0.717) is 47.2 Å². The average molecular weight is 660 g/mol. The van der Waals surface area contributed by atoms with Crippen molar-refractivity contribution in [1.82, 2.24) is 24.8 Å². The van der Waals surface area contributed by atoms with Crippen LogP contribution in [-0.2, 0) is 9.53 Å². The third-order valence-electron chi connectivity index (χ3n) is 9.15. The normalized spacial score (nSPS) is 21.6. The Morgan fingerprint density at radius 1 is 1.15 bits per heavy atom. The van der Waals surface area contributed by atoms with Gasteiger partial charge in [0.15, 0.2) is 5.82 Å². The molecule has 242 valence electrons. The smallest absolute Gasteiger partial charge is 0.318 e. The number of nitriles is 1. The lowest BCUT2D eigenvalue weighted by Gasteiger charge is -2.41.